The lowest BCUT2D eigenvalue weighted by Crippen LogP contribution is -2.28. The highest BCUT2D eigenvalue weighted by atomic mass is 16.5. The molecule has 0 saturated heterocycles. The van der Waals surface area contributed by atoms with Gasteiger partial charge in [0.05, 0.1) is 6.61 Å². The van der Waals surface area contributed by atoms with Crippen molar-refractivity contribution < 1.29 is 18.7 Å². The number of aromatic nitrogens is 2. The molecule has 0 aliphatic carbocycles. The van der Waals surface area contributed by atoms with Crippen LogP contribution in [0.15, 0.2) is 39.8 Å². The second kappa shape index (κ2) is 8.08. The highest BCUT2D eigenvalue weighted by molar-refractivity contribution is 6.03. The van der Waals surface area contributed by atoms with E-state index in [0.717, 1.165) is 16.6 Å². The molecule has 3 aromatic rings. The second-order valence-corrected chi connectivity index (χ2v) is 6.21. The average molecular weight is 383 g/mol. The maximum absolute atomic E-state index is 12.8. The molecule has 146 valence electrons. The number of ether oxygens (including phenoxy) is 1. The maximum atomic E-state index is 12.8. The van der Waals surface area contributed by atoms with Gasteiger partial charge in [-0.05, 0) is 38.0 Å². The number of aryl methyl sites for hydroxylation is 2. The lowest BCUT2D eigenvalue weighted by molar-refractivity contribution is -0.116. The maximum Gasteiger partial charge on any atom is 0.342 e. The number of hydrogen-bond donors (Lipinski definition) is 1. The fourth-order valence-electron chi connectivity index (χ4n) is 2.88. The molecule has 8 heteroatoms. The third-order valence-electron chi connectivity index (χ3n) is 4.29. The minimum atomic E-state index is -0.657. The monoisotopic (exact) mass is 383 g/mol. The Morgan fingerprint density at radius 2 is 1.93 bits per heavy atom. The Labute approximate surface area is 161 Å². The van der Waals surface area contributed by atoms with Crippen molar-refractivity contribution in [2.45, 2.75) is 33.7 Å². The summed E-state index contributed by atoms with van der Waals surface area (Å²) < 4.78 is 11.5. The van der Waals surface area contributed by atoms with Crippen molar-refractivity contribution in [1.29, 1.82) is 0 Å². The Hall–Kier alpha value is -3.42. The molecule has 1 aromatic carbocycles. The van der Waals surface area contributed by atoms with E-state index >= 15 is 0 Å². The summed E-state index contributed by atoms with van der Waals surface area (Å²) in [7, 11) is 0. The predicted molar refractivity (Wildman–Crippen MR) is 103 cm³/mol. The number of rotatable bonds is 6. The number of benzene rings is 1. The molecule has 0 atom stereocenters. The van der Waals surface area contributed by atoms with Crippen LogP contribution < -0.4 is 10.9 Å². The zero-order chi connectivity index (χ0) is 20.3. The van der Waals surface area contributed by atoms with Crippen LogP contribution in [-0.4, -0.2) is 28.0 Å². The molecular weight excluding hydrogens is 362 g/mol. The Morgan fingerprint density at radius 1 is 1.21 bits per heavy atom. The summed E-state index contributed by atoms with van der Waals surface area (Å²) >= 11 is 0. The third kappa shape index (κ3) is 3.80. The summed E-state index contributed by atoms with van der Waals surface area (Å²) in [6.45, 7) is 5.20. The van der Waals surface area contributed by atoms with E-state index in [4.69, 9.17) is 9.15 Å². The van der Waals surface area contributed by atoms with Crippen molar-refractivity contribution >= 4 is 28.7 Å². The first kappa shape index (κ1) is 19.3. The van der Waals surface area contributed by atoms with E-state index in [1.54, 1.807) is 26.0 Å². The van der Waals surface area contributed by atoms with Crippen LogP contribution in [0.4, 0.5) is 5.69 Å². The number of esters is 1. The first-order valence-electron chi connectivity index (χ1n) is 8.99. The molecule has 8 nitrogen and oxygen atoms in total. The van der Waals surface area contributed by atoms with E-state index in [1.165, 1.54) is 6.33 Å². The molecule has 0 aliphatic rings. The van der Waals surface area contributed by atoms with E-state index in [-0.39, 0.29) is 41.5 Å². The van der Waals surface area contributed by atoms with Crippen molar-refractivity contribution in [2.24, 2.45) is 0 Å². The van der Waals surface area contributed by atoms with Crippen LogP contribution in [0.2, 0.25) is 0 Å². The molecule has 3 rings (SSSR count). The molecular formula is C20H21N3O5. The molecule has 28 heavy (non-hydrogen) atoms. The van der Waals surface area contributed by atoms with Crippen molar-refractivity contribution in [1.82, 2.24) is 9.55 Å². The van der Waals surface area contributed by atoms with Crippen LogP contribution in [0.25, 0.3) is 11.1 Å². The highest BCUT2D eigenvalue weighted by Crippen LogP contribution is 2.21. The molecule has 0 unspecified atom stereocenters. The smallest absolute Gasteiger partial charge is 0.342 e. The van der Waals surface area contributed by atoms with Crippen LogP contribution in [0.3, 0.4) is 0 Å². The number of nitrogens with one attached hydrogen (secondary N) is 1. The summed E-state index contributed by atoms with van der Waals surface area (Å²) in [6, 6.07) is 7.46. The quantitative estimate of drug-likeness (QED) is 0.657. The summed E-state index contributed by atoms with van der Waals surface area (Å²) in [5.41, 5.74) is 1.33. The van der Waals surface area contributed by atoms with Gasteiger partial charge in [0.2, 0.25) is 11.6 Å². The average Bonchev–Trinajstić information content (AvgIpc) is 3.01. The van der Waals surface area contributed by atoms with Gasteiger partial charge in [0, 0.05) is 5.69 Å². The zero-order valence-electron chi connectivity index (χ0n) is 15.9. The van der Waals surface area contributed by atoms with Gasteiger partial charge in [0.1, 0.15) is 29.6 Å². The number of hydrogen-bond acceptors (Lipinski definition) is 6. The van der Waals surface area contributed by atoms with Gasteiger partial charge in [-0.15, -0.1) is 0 Å². The van der Waals surface area contributed by atoms with Crippen LogP contribution in [-0.2, 0) is 22.5 Å². The van der Waals surface area contributed by atoms with Gasteiger partial charge >= 0.3 is 5.97 Å². The van der Waals surface area contributed by atoms with Crippen molar-refractivity contribution in [3.05, 3.63) is 57.8 Å². The van der Waals surface area contributed by atoms with Crippen LogP contribution >= 0.6 is 0 Å². The van der Waals surface area contributed by atoms with Gasteiger partial charge in [-0.2, -0.15) is 0 Å². The Morgan fingerprint density at radius 3 is 2.57 bits per heavy atom. The molecule has 0 saturated carbocycles. The molecule has 0 fully saturated rings. The molecule has 0 bridgehead atoms. The largest absolute Gasteiger partial charge is 0.462 e. The van der Waals surface area contributed by atoms with Gasteiger partial charge in [0.15, 0.2) is 0 Å². The molecule has 1 amide bonds. The molecule has 1 N–H and O–H groups in total. The molecule has 2 heterocycles. The minimum Gasteiger partial charge on any atom is -0.462 e. The number of nitrogens with zero attached hydrogens (tertiary/aromatic N) is 2. The fraction of sp³-hybridized carbons (Fsp3) is 0.300. The first-order valence-corrected chi connectivity index (χ1v) is 8.99. The van der Waals surface area contributed by atoms with Gasteiger partial charge in [-0.1, -0.05) is 19.1 Å². The van der Waals surface area contributed by atoms with E-state index < -0.39 is 11.5 Å². The molecule has 0 radical (unpaired) electrons. The number of furan rings is 1. The zero-order valence-corrected chi connectivity index (χ0v) is 15.9. The third-order valence-corrected chi connectivity index (χ3v) is 4.29. The van der Waals surface area contributed by atoms with Crippen LogP contribution in [0, 0.1) is 6.92 Å². The molecule has 0 spiro atoms. The number of carbonyl (C=O) groups is 2. The number of anilines is 1. The Kier molecular flexibility index (Phi) is 5.58. The summed E-state index contributed by atoms with van der Waals surface area (Å²) in [5, 5.41) is 2.75. The van der Waals surface area contributed by atoms with E-state index in [1.807, 2.05) is 19.1 Å². The fourth-order valence-corrected chi connectivity index (χ4v) is 2.88. The van der Waals surface area contributed by atoms with Crippen molar-refractivity contribution in [3.63, 3.8) is 0 Å². The van der Waals surface area contributed by atoms with E-state index in [0.29, 0.717) is 5.69 Å². The number of fused-ring (bicyclic) bond motifs is 1. The summed E-state index contributed by atoms with van der Waals surface area (Å²) in [6.07, 6.45) is 2.13. The normalized spacial score (nSPS) is 10.8. The van der Waals surface area contributed by atoms with Crippen molar-refractivity contribution in [2.75, 3.05) is 11.9 Å². The van der Waals surface area contributed by atoms with Gasteiger partial charge in [0.25, 0.3) is 5.56 Å². The topological polar surface area (TPSA) is 103 Å². The van der Waals surface area contributed by atoms with Gasteiger partial charge in [-0.25, -0.2) is 9.78 Å². The predicted octanol–water partition coefficient (Wildman–Crippen LogP) is 2.68. The minimum absolute atomic E-state index is 0.0125. The Balaban J connectivity index is 1.87. The number of amides is 1. The lowest BCUT2D eigenvalue weighted by atomic mass is 10.1. The first-order chi connectivity index (χ1) is 13.4. The second-order valence-electron chi connectivity index (χ2n) is 6.21. The Bertz CT molecular complexity index is 1080. The van der Waals surface area contributed by atoms with Crippen molar-refractivity contribution in [3.8, 4) is 0 Å². The standard InChI is InChI=1S/C20H21N3O5/c1-4-13-6-8-14(9-7-13)22-15(24)10-23-11-21-18-17(19(23)25)16(12(3)28-18)20(26)27-5-2/h6-9,11H,4-5,10H2,1-3H3,(H,22,24). The summed E-state index contributed by atoms with van der Waals surface area (Å²) in [5.74, 6) is -0.794. The molecule has 2 aromatic heterocycles. The van der Waals surface area contributed by atoms with E-state index in [9.17, 15) is 14.4 Å². The van der Waals surface area contributed by atoms with Crippen LogP contribution in [0.5, 0.6) is 0 Å². The van der Waals surface area contributed by atoms with Gasteiger partial charge < -0.3 is 14.5 Å². The van der Waals surface area contributed by atoms with E-state index in [2.05, 4.69) is 10.3 Å². The highest BCUT2D eigenvalue weighted by Gasteiger charge is 2.24. The summed E-state index contributed by atoms with van der Waals surface area (Å²) in [4.78, 5) is 41.4. The van der Waals surface area contributed by atoms with Gasteiger partial charge in [-0.3, -0.25) is 14.2 Å². The van der Waals surface area contributed by atoms with Crippen LogP contribution in [0.1, 0.15) is 35.5 Å². The SMILES string of the molecule is CCOC(=O)c1c(C)oc2ncn(CC(=O)Nc3ccc(CC)cc3)c(=O)c12. The number of carbonyl (C=O) groups excluding carboxylic acids is 2. The lowest BCUT2D eigenvalue weighted by Gasteiger charge is -2.08. The molecule has 0 aliphatic heterocycles.